The first-order valence-electron chi connectivity index (χ1n) is 6.16. The van der Waals surface area contributed by atoms with E-state index >= 15 is 0 Å². The van der Waals surface area contributed by atoms with E-state index in [1.807, 2.05) is 17.1 Å². The predicted octanol–water partition coefficient (Wildman–Crippen LogP) is 1.48. The van der Waals surface area contributed by atoms with Crippen molar-refractivity contribution in [2.75, 3.05) is 13.1 Å². The molecule has 0 aromatic carbocycles. The van der Waals surface area contributed by atoms with Gasteiger partial charge in [-0.2, -0.15) is 10.4 Å². The molecular weight excluding hydrogens is 228 g/mol. The number of amides is 1. The summed E-state index contributed by atoms with van der Waals surface area (Å²) in [5.74, 6) is 0.474. The van der Waals surface area contributed by atoms with Gasteiger partial charge in [0.25, 0.3) is 0 Å². The highest BCUT2D eigenvalue weighted by Crippen LogP contribution is 2.32. The molecule has 5 heteroatoms. The first kappa shape index (κ1) is 12.6. The fourth-order valence-corrected chi connectivity index (χ4v) is 2.27. The Hall–Kier alpha value is -1.83. The molecule has 5 nitrogen and oxygen atoms in total. The summed E-state index contributed by atoms with van der Waals surface area (Å²) in [5, 5.41) is 13.3. The Morgan fingerprint density at radius 1 is 1.61 bits per heavy atom. The Morgan fingerprint density at radius 2 is 2.28 bits per heavy atom. The molecule has 96 valence electrons. The first-order chi connectivity index (χ1) is 8.48. The second kappa shape index (κ2) is 4.45. The fraction of sp³-hybridized carbons (Fsp3) is 0.615. The molecule has 2 heterocycles. The third-order valence-electron chi connectivity index (χ3n) is 3.58. The van der Waals surface area contributed by atoms with Crippen LogP contribution in [0.15, 0.2) is 12.4 Å². The van der Waals surface area contributed by atoms with Crippen molar-refractivity contribution in [3.8, 4) is 6.07 Å². The maximum atomic E-state index is 11.3. The molecule has 0 radical (unpaired) electrons. The third-order valence-corrected chi connectivity index (χ3v) is 3.58. The molecule has 0 N–H and O–H groups in total. The zero-order chi connectivity index (χ0) is 13.3. The number of rotatable bonds is 3. The lowest BCUT2D eigenvalue weighted by atomic mass is 9.86. The summed E-state index contributed by atoms with van der Waals surface area (Å²) in [6.45, 7) is 6.94. The van der Waals surface area contributed by atoms with E-state index in [4.69, 9.17) is 5.26 Å². The van der Waals surface area contributed by atoms with Crippen molar-refractivity contribution in [1.29, 1.82) is 5.26 Å². The number of aromatic nitrogens is 2. The van der Waals surface area contributed by atoms with Gasteiger partial charge in [-0.25, -0.2) is 0 Å². The largest absolute Gasteiger partial charge is 0.338 e. The number of hydrogen-bond acceptors (Lipinski definition) is 3. The van der Waals surface area contributed by atoms with Crippen molar-refractivity contribution in [1.82, 2.24) is 14.7 Å². The molecule has 0 unspecified atom stereocenters. The van der Waals surface area contributed by atoms with E-state index < -0.39 is 0 Å². The monoisotopic (exact) mass is 246 g/mol. The minimum atomic E-state index is -0.326. The van der Waals surface area contributed by atoms with Gasteiger partial charge in [0.15, 0.2) is 0 Å². The van der Waals surface area contributed by atoms with Gasteiger partial charge < -0.3 is 4.90 Å². The molecule has 18 heavy (non-hydrogen) atoms. The molecular formula is C13H18N4O. The Bertz CT molecular complexity index is 491. The number of carbonyl (C=O) groups excluding carboxylic acids is 1. The molecule has 1 amide bonds. The molecule has 0 saturated carbocycles. The van der Waals surface area contributed by atoms with Crippen molar-refractivity contribution in [2.24, 2.45) is 0 Å². The molecule has 0 spiro atoms. The molecule has 0 atom stereocenters. The lowest BCUT2D eigenvalue weighted by Gasteiger charge is -2.48. The van der Waals surface area contributed by atoms with Gasteiger partial charge >= 0.3 is 0 Å². The van der Waals surface area contributed by atoms with Gasteiger partial charge in [0.05, 0.1) is 18.7 Å². The SMILES string of the molecule is CC(=O)N1CC(CC#N)(n2cc(C(C)C)cn2)C1. The molecule has 2 rings (SSSR count). The van der Waals surface area contributed by atoms with Gasteiger partial charge in [0.1, 0.15) is 5.54 Å². The summed E-state index contributed by atoms with van der Waals surface area (Å²) >= 11 is 0. The van der Waals surface area contributed by atoms with E-state index in [0.717, 1.165) is 5.56 Å². The molecule has 1 aromatic heterocycles. The van der Waals surface area contributed by atoms with E-state index in [-0.39, 0.29) is 11.4 Å². The van der Waals surface area contributed by atoms with Crippen molar-refractivity contribution < 1.29 is 4.79 Å². The van der Waals surface area contributed by atoms with E-state index in [0.29, 0.717) is 25.4 Å². The number of carbonyl (C=O) groups is 1. The van der Waals surface area contributed by atoms with Crippen LogP contribution in [0.5, 0.6) is 0 Å². The first-order valence-corrected chi connectivity index (χ1v) is 6.16. The van der Waals surface area contributed by atoms with Crippen LogP contribution in [0, 0.1) is 11.3 Å². The zero-order valence-electron chi connectivity index (χ0n) is 11.1. The number of likely N-dealkylation sites (tertiary alicyclic amines) is 1. The summed E-state index contributed by atoms with van der Waals surface area (Å²) in [6, 6.07) is 2.21. The Kier molecular flexibility index (Phi) is 3.12. The van der Waals surface area contributed by atoms with Crippen LogP contribution in [0.4, 0.5) is 0 Å². The van der Waals surface area contributed by atoms with Crippen LogP contribution in [0.3, 0.4) is 0 Å². The van der Waals surface area contributed by atoms with E-state index in [9.17, 15) is 4.79 Å². The summed E-state index contributed by atoms with van der Waals surface area (Å²) in [4.78, 5) is 13.0. The molecule has 1 aliphatic heterocycles. The second-order valence-corrected chi connectivity index (χ2v) is 5.31. The topological polar surface area (TPSA) is 61.9 Å². The van der Waals surface area contributed by atoms with Crippen LogP contribution in [-0.2, 0) is 10.3 Å². The van der Waals surface area contributed by atoms with Crippen LogP contribution in [0.25, 0.3) is 0 Å². The molecule has 1 aromatic rings. The third kappa shape index (κ3) is 1.99. The van der Waals surface area contributed by atoms with Gasteiger partial charge in [-0.15, -0.1) is 0 Å². The maximum Gasteiger partial charge on any atom is 0.219 e. The van der Waals surface area contributed by atoms with Crippen LogP contribution in [-0.4, -0.2) is 33.7 Å². The van der Waals surface area contributed by atoms with Crippen LogP contribution in [0.2, 0.25) is 0 Å². The smallest absolute Gasteiger partial charge is 0.219 e. The summed E-state index contributed by atoms with van der Waals surface area (Å²) in [7, 11) is 0. The lowest BCUT2D eigenvalue weighted by molar-refractivity contribution is -0.140. The highest BCUT2D eigenvalue weighted by molar-refractivity contribution is 5.74. The zero-order valence-corrected chi connectivity index (χ0v) is 11.1. The van der Waals surface area contributed by atoms with Gasteiger partial charge in [0, 0.05) is 26.2 Å². The van der Waals surface area contributed by atoms with Gasteiger partial charge in [-0.05, 0) is 11.5 Å². The standard InChI is InChI=1S/C13H18N4O/c1-10(2)12-6-15-17(7-12)13(4-5-14)8-16(9-13)11(3)18/h6-7,10H,4,8-9H2,1-3H3. The van der Waals surface area contributed by atoms with Crippen molar-refractivity contribution in [2.45, 2.75) is 38.6 Å². The van der Waals surface area contributed by atoms with Crippen molar-refractivity contribution in [3.05, 3.63) is 18.0 Å². The number of hydrogen-bond donors (Lipinski definition) is 0. The second-order valence-electron chi connectivity index (χ2n) is 5.31. The van der Waals surface area contributed by atoms with Crippen LogP contribution in [0.1, 0.15) is 38.7 Å². The number of nitriles is 1. The normalized spacial score (nSPS) is 17.4. The van der Waals surface area contributed by atoms with Gasteiger partial charge in [0.2, 0.25) is 5.91 Å². The van der Waals surface area contributed by atoms with Crippen molar-refractivity contribution >= 4 is 5.91 Å². The Labute approximate surface area is 107 Å². The molecule has 1 saturated heterocycles. The lowest BCUT2D eigenvalue weighted by Crippen LogP contribution is -2.63. The summed E-state index contributed by atoms with van der Waals surface area (Å²) < 4.78 is 1.87. The average Bonchev–Trinajstić information content (AvgIpc) is 2.71. The number of nitrogens with zero attached hydrogens (tertiary/aromatic N) is 4. The van der Waals surface area contributed by atoms with E-state index in [2.05, 4.69) is 25.0 Å². The van der Waals surface area contributed by atoms with Crippen LogP contribution < -0.4 is 0 Å². The van der Waals surface area contributed by atoms with Crippen molar-refractivity contribution in [3.63, 3.8) is 0 Å². The maximum absolute atomic E-state index is 11.3. The van der Waals surface area contributed by atoms with E-state index in [1.54, 1.807) is 11.8 Å². The predicted molar refractivity (Wildman–Crippen MR) is 66.8 cm³/mol. The Morgan fingerprint density at radius 3 is 2.72 bits per heavy atom. The highest BCUT2D eigenvalue weighted by atomic mass is 16.2. The molecule has 0 bridgehead atoms. The quantitative estimate of drug-likeness (QED) is 0.811. The molecule has 1 fully saturated rings. The average molecular weight is 246 g/mol. The fourth-order valence-electron chi connectivity index (χ4n) is 2.27. The summed E-state index contributed by atoms with van der Waals surface area (Å²) in [5.41, 5.74) is 0.835. The van der Waals surface area contributed by atoms with Gasteiger partial charge in [-0.1, -0.05) is 13.8 Å². The highest BCUT2D eigenvalue weighted by Gasteiger charge is 2.46. The molecule has 1 aliphatic rings. The minimum absolute atomic E-state index is 0.0554. The van der Waals surface area contributed by atoms with Crippen LogP contribution >= 0.6 is 0 Å². The Balaban J connectivity index is 2.21. The molecule has 0 aliphatic carbocycles. The summed E-state index contributed by atoms with van der Waals surface area (Å²) in [6.07, 6.45) is 4.23. The van der Waals surface area contributed by atoms with Gasteiger partial charge in [-0.3, -0.25) is 9.48 Å². The minimum Gasteiger partial charge on any atom is -0.338 e. The van der Waals surface area contributed by atoms with E-state index in [1.165, 1.54) is 0 Å².